The van der Waals surface area contributed by atoms with E-state index in [1.807, 2.05) is 30.3 Å². The van der Waals surface area contributed by atoms with Gasteiger partial charge in [0.05, 0.1) is 11.0 Å². The zero-order valence-electron chi connectivity index (χ0n) is 17.6. The summed E-state index contributed by atoms with van der Waals surface area (Å²) in [5.74, 6) is 0.586. The lowest BCUT2D eigenvalue weighted by Gasteiger charge is -2.10. The van der Waals surface area contributed by atoms with Gasteiger partial charge in [-0.1, -0.05) is 72.8 Å². The molecule has 0 N–H and O–H groups in total. The molecule has 0 radical (unpaired) electrons. The standard InChI is InChI=1S/C28H17N5/c1-2-8-18(9-3-1)25-26-27(30-15-14-29-26)32-28(31-25)33-23-13-7-6-12-21(23)22-16-19-10-4-5-11-20(19)17-24(22)33/h1-17H. The minimum absolute atomic E-state index is 0.577. The zero-order valence-corrected chi connectivity index (χ0v) is 17.6. The molecule has 0 amide bonds. The first kappa shape index (κ1) is 18.0. The number of aromatic nitrogens is 5. The van der Waals surface area contributed by atoms with Gasteiger partial charge in [-0.25, -0.2) is 15.0 Å². The molecule has 0 unspecified atom stereocenters. The lowest BCUT2D eigenvalue weighted by Crippen LogP contribution is -2.05. The molecule has 3 aromatic heterocycles. The van der Waals surface area contributed by atoms with Crippen molar-refractivity contribution in [3.05, 3.63) is 103 Å². The first-order valence-corrected chi connectivity index (χ1v) is 10.8. The molecule has 0 saturated heterocycles. The minimum Gasteiger partial charge on any atom is -0.278 e. The van der Waals surface area contributed by atoms with Gasteiger partial charge < -0.3 is 0 Å². The molecule has 5 nitrogen and oxygen atoms in total. The Bertz CT molecular complexity index is 1820. The fourth-order valence-corrected chi connectivity index (χ4v) is 4.62. The highest BCUT2D eigenvalue weighted by Gasteiger charge is 2.18. The SMILES string of the molecule is c1ccc(-c2nc(-n3c4ccccc4c4cc5ccccc5cc43)nc3nccnc23)cc1. The second-order valence-corrected chi connectivity index (χ2v) is 8.04. The van der Waals surface area contributed by atoms with Crippen molar-refractivity contribution < 1.29 is 0 Å². The Morgan fingerprint density at radius 2 is 1.30 bits per heavy atom. The summed E-state index contributed by atoms with van der Waals surface area (Å²) in [4.78, 5) is 19.0. The lowest BCUT2D eigenvalue weighted by atomic mass is 10.1. The van der Waals surface area contributed by atoms with Gasteiger partial charge >= 0.3 is 0 Å². The zero-order chi connectivity index (χ0) is 21.8. The summed E-state index contributed by atoms with van der Waals surface area (Å²) in [6, 6.07) is 31.4. The lowest BCUT2D eigenvalue weighted by molar-refractivity contribution is 0.999. The molecule has 0 saturated carbocycles. The molecule has 0 atom stereocenters. The van der Waals surface area contributed by atoms with E-state index in [2.05, 4.69) is 75.2 Å². The molecule has 0 fully saturated rings. The van der Waals surface area contributed by atoms with Crippen molar-refractivity contribution in [2.45, 2.75) is 0 Å². The molecule has 0 aliphatic heterocycles. The fraction of sp³-hybridized carbons (Fsp3) is 0. The van der Waals surface area contributed by atoms with Crippen LogP contribution in [0.15, 0.2) is 103 Å². The highest BCUT2D eigenvalue weighted by molar-refractivity contribution is 6.13. The topological polar surface area (TPSA) is 56.5 Å². The average Bonchev–Trinajstić information content (AvgIpc) is 3.20. The van der Waals surface area contributed by atoms with Crippen LogP contribution in [-0.4, -0.2) is 24.5 Å². The maximum Gasteiger partial charge on any atom is 0.237 e. The first-order valence-electron chi connectivity index (χ1n) is 10.8. The summed E-state index contributed by atoms with van der Waals surface area (Å²) in [6.07, 6.45) is 3.36. The molecule has 0 aliphatic rings. The summed E-state index contributed by atoms with van der Waals surface area (Å²) < 4.78 is 2.14. The third-order valence-electron chi connectivity index (χ3n) is 6.11. The number of hydrogen-bond donors (Lipinski definition) is 0. The van der Waals surface area contributed by atoms with Crippen LogP contribution >= 0.6 is 0 Å². The summed E-state index contributed by atoms with van der Waals surface area (Å²) in [7, 11) is 0. The van der Waals surface area contributed by atoms with E-state index in [1.165, 1.54) is 21.5 Å². The second-order valence-electron chi connectivity index (χ2n) is 8.04. The molecule has 0 bridgehead atoms. The summed E-state index contributed by atoms with van der Waals surface area (Å²) >= 11 is 0. The van der Waals surface area contributed by atoms with Crippen LogP contribution in [-0.2, 0) is 0 Å². The van der Waals surface area contributed by atoms with E-state index >= 15 is 0 Å². The third kappa shape index (κ3) is 2.72. The minimum atomic E-state index is 0.577. The maximum atomic E-state index is 5.04. The van der Waals surface area contributed by atoms with Crippen LogP contribution < -0.4 is 0 Å². The van der Waals surface area contributed by atoms with Crippen molar-refractivity contribution in [1.29, 1.82) is 0 Å². The molecule has 5 heteroatoms. The van der Waals surface area contributed by atoms with Crippen LogP contribution in [0.1, 0.15) is 0 Å². The Labute approximate surface area is 189 Å². The smallest absolute Gasteiger partial charge is 0.237 e. The van der Waals surface area contributed by atoms with Crippen molar-refractivity contribution >= 4 is 43.7 Å². The van der Waals surface area contributed by atoms with Crippen LogP contribution in [0.3, 0.4) is 0 Å². The molecule has 0 spiro atoms. The molecule has 3 heterocycles. The number of hydrogen-bond acceptors (Lipinski definition) is 4. The van der Waals surface area contributed by atoms with Crippen molar-refractivity contribution in [3.63, 3.8) is 0 Å². The van der Waals surface area contributed by atoms with Gasteiger partial charge in [-0.2, -0.15) is 4.98 Å². The number of rotatable bonds is 2. The van der Waals surface area contributed by atoms with Gasteiger partial charge in [0.2, 0.25) is 5.95 Å². The maximum absolute atomic E-state index is 5.04. The van der Waals surface area contributed by atoms with Crippen LogP contribution in [0.5, 0.6) is 0 Å². The van der Waals surface area contributed by atoms with E-state index in [0.717, 1.165) is 22.3 Å². The largest absolute Gasteiger partial charge is 0.278 e. The van der Waals surface area contributed by atoms with Crippen LogP contribution in [0, 0.1) is 0 Å². The number of para-hydroxylation sites is 1. The molecule has 7 aromatic rings. The molecule has 7 rings (SSSR count). The number of fused-ring (bicyclic) bond motifs is 5. The molecule has 4 aromatic carbocycles. The van der Waals surface area contributed by atoms with Gasteiger partial charge in [0.1, 0.15) is 11.2 Å². The van der Waals surface area contributed by atoms with E-state index in [4.69, 9.17) is 9.97 Å². The van der Waals surface area contributed by atoms with E-state index < -0.39 is 0 Å². The molecule has 33 heavy (non-hydrogen) atoms. The first-order chi connectivity index (χ1) is 16.4. The summed E-state index contributed by atoms with van der Waals surface area (Å²) in [5.41, 5.74) is 5.15. The Kier molecular flexibility index (Phi) is 3.78. The van der Waals surface area contributed by atoms with Crippen molar-refractivity contribution in [3.8, 4) is 17.2 Å². The normalized spacial score (nSPS) is 11.6. The van der Waals surface area contributed by atoms with Gasteiger partial charge in [0.15, 0.2) is 5.65 Å². The van der Waals surface area contributed by atoms with Crippen molar-refractivity contribution in [2.75, 3.05) is 0 Å². The molecule has 154 valence electrons. The van der Waals surface area contributed by atoms with Gasteiger partial charge in [-0.3, -0.25) is 4.57 Å². The van der Waals surface area contributed by atoms with Gasteiger partial charge in [0.25, 0.3) is 0 Å². The highest BCUT2D eigenvalue weighted by atomic mass is 15.2. The number of benzene rings is 4. The predicted molar refractivity (Wildman–Crippen MR) is 132 cm³/mol. The fourth-order valence-electron chi connectivity index (χ4n) is 4.62. The Hall–Kier alpha value is -4.64. The van der Waals surface area contributed by atoms with E-state index in [1.54, 1.807) is 12.4 Å². The van der Waals surface area contributed by atoms with E-state index in [-0.39, 0.29) is 0 Å². The van der Waals surface area contributed by atoms with Crippen LogP contribution in [0.4, 0.5) is 0 Å². The predicted octanol–water partition coefficient (Wildman–Crippen LogP) is 6.34. The van der Waals surface area contributed by atoms with Gasteiger partial charge in [-0.05, 0) is 29.0 Å². The molecule has 0 aliphatic carbocycles. The summed E-state index contributed by atoms with van der Waals surface area (Å²) in [5, 5.41) is 4.73. The average molecular weight is 423 g/mol. The second kappa shape index (κ2) is 6.93. The van der Waals surface area contributed by atoms with Crippen molar-refractivity contribution in [1.82, 2.24) is 24.5 Å². The monoisotopic (exact) mass is 423 g/mol. The molecular formula is C28H17N5. The molecular weight excluding hydrogens is 406 g/mol. The van der Waals surface area contributed by atoms with Crippen molar-refractivity contribution in [2.24, 2.45) is 0 Å². The quantitative estimate of drug-likeness (QED) is 0.326. The summed E-state index contributed by atoms with van der Waals surface area (Å²) in [6.45, 7) is 0. The number of nitrogens with zero attached hydrogens (tertiary/aromatic N) is 5. The Morgan fingerprint density at radius 1 is 0.576 bits per heavy atom. The van der Waals surface area contributed by atoms with Gasteiger partial charge in [-0.15, -0.1) is 0 Å². The highest BCUT2D eigenvalue weighted by Crippen LogP contribution is 2.35. The Balaban J connectivity index is 1.63. The van der Waals surface area contributed by atoms with E-state index in [0.29, 0.717) is 17.1 Å². The Morgan fingerprint density at radius 3 is 2.18 bits per heavy atom. The van der Waals surface area contributed by atoms with Crippen LogP contribution in [0.25, 0.3) is 60.9 Å². The third-order valence-corrected chi connectivity index (χ3v) is 6.11. The van der Waals surface area contributed by atoms with Crippen LogP contribution in [0.2, 0.25) is 0 Å². The van der Waals surface area contributed by atoms with Gasteiger partial charge in [0, 0.05) is 28.7 Å². The van der Waals surface area contributed by atoms with E-state index in [9.17, 15) is 0 Å².